The molecule has 0 radical (unpaired) electrons. The number of aliphatic hydroxyl groups excluding tert-OH is 1. The smallest absolute Gasteiger partial charge is 0.231 e. The summed E-state index contributed by atoms with van der Waals surface area (Å²) in [7, 11) is 0. The van der Waals surface area contributed by atoms with E-state index < -0.39 is 6.10 Å². The molecule has 16 heavy (non-hydrogen) atoms. The highest BCUT2D eigenvalue weighted by atomic mass is 32.2. The molecule has 0 spiro atoms. The Labute approximate surface area is 97.9 Å². The van der Waals surface area contributed by atoms with Crippen molar-refractivity contribution in [3.63, 3.8) is 0 Å². The minimum Gasteiger partial charge on any atom is -0.454 e. The highest BCUT2D eigenvalue weighted by Crippen LogP contribution is 2.46. The van der Waals surface area contributed by atoms with E-state index in [0.29, 0.717) is 6.54 Å². The lowest BCUT2D eigenvalue weighted by Crippen LogP contribution is -2.28. The molecular formula is C11H13NO3S. The predicted octanol–water partition coefficient (Wildman–Crippen LogP) is 1.27. The molecular weight excluding hydrogens is 226 g/mol. The maximum Gasteiger partial charge on any atom is 0.231 e. The van der Waals surface area contributed by atoms with Crippen LogP contribution in [0.3, 0.4) is 0 Å². The van der Waals surface area contributed by atoms with Gasteiger partial charge in [0.05, 0.1) is 11.0 Å². The monoisotopic (exact) mass is 239 g/mol. The summed E-state index contributed by atoms with van der Waals surface area (Å²) in [6, 6.07) is 1.91. The van der Waals surface area contributed by atoms with Crippen molar-refractivity contribution < 1.29 is 14.6 Å². The van der Waals surface area contributed by atoms with Crippen LogP contribution in [0.15, 0.2) is 11.0 Å². The van der Waals surface area contributed by atoms with Gasteiger partial charge in [-0.05, 0) is 23.4 Å². The normalized spacial score (nSPS) is 22.0. The lowest BCUT2D eigenvalue weighted by molar-refractivity contribution is 0.163. The van der Waals surface area contributed by atoms with Crippen molar-refractivity contribution in [2.75, 3.05) is 19.6 Å². The lowest BCUT2D eigenvalue weighted by atomic mass is 9.98. The van der Waals surface area contributed by atoms with Crippen LogP contribution in [0.25, 0.3) is 0 Å². The standard InChI is InChI=1S/C11H13NO3S/c1-16-11-7-3-12-4-8(13)6(7)2-9-10(11)15-5-14-9/h2,8,12-13H,3-5H2,1H3. The summed E-state index contributed by atoms with van der Waals surface area (Å²) < 4.78 is 10.9. The largest absolute Gasteiger partial charge is 0.454 e. The molecule has 0 aromatic heterocycles. The summed E-state index contributed by atoms with van der Waals surface area (Å²) in [5.74, 6) is 1.58. The molecule has 1 aromatic rings. The highest BCUT2D eigenvalue weighted by molar-refractivity contribution is 7.98. The van der Waals surface area contributed by atoms with Gasteiger partial charge in [-0.25, -0.2) is 0 Å². The number of benzene rings is 1. The quantitative estimate of drug-likeness (QED) is 0.723. The van der Waals surface area contributed by atoms with E-state index in [0.717, 1.165) is 34.1 Å². The third kappa shape index (κ3) is 1.39. The maximum absolute atomic E-state index is 9.94. The summed E-state index contributed by atoms with van der Waals surface area (Å²) in [4.78, 5) is 1.08. The Morgan fingerprint density at radius 1 is 1.50 bits per heavy atom. The van der Waals surface area contributed by atoms with Crippen LogP contribution in [-0.4, -0.2) is 24.7 Å². The van der Waals surface area contributed by atoms with E-state index in [9.17, 15) is 5.11 Å². The number of nitrogens with one attached hydrogen (secondary N) is 1. The first-order valence-corrected chi connectivity index (χ1v) is 6.42. The number of aliphatic hydroxyl groups is 1. The summed E-state index contributed by atoms with van der Waals surface area (Å²) in [5.41, 5.74) is 2.10. The minimum absolute atomic E-state index is 0.273. The first-order chi connectivity index (χ1) is 7.81. The van der Waals surface area contributed by atoms with Gasteiger partial charge in [-0.3, -0.25) is 0 Å². The van der Waals surface area contributed by atoms with Crippen LogP contribution in [0.2, 0.25) is 0 Å². The van der Waals surface area contributed by atoms with Crippen molar-refractivity contribution >= 4 is 11.8 Å². The first-order valence-electron chi connectivity index (χ1n) is 5.19. The second-order valence-electron chi connectivity index (χ2n) is 3.86. The van der Waals surface area contributed by atoms with Gasteiger partial charge in [0.2, 0.25) is 6.79 Å². The van der Waals surface area contributed by atoms with Crippen molar-refractivity contribution in [3.8, 4) is 11.5 Å². The Hall–Kier alpha value is -0.910. The zero-order valence-electron chi connectivity index (χ0n) is 8.95. The Bertz CT molecular complexity index is 436. The van der Waals surface area contributed by atoms with E-state index >= 15 is 0 Å². The molecule has 1 aromatic carbocycles. The fourth-order valence-corrected chi connectivity index (χ4v) is 2.99. The fourth-order valence-electron chi connectivity index (χ4n) is 2.21. The second-order valence-corrected chi connectivity index (χ2v) is 4.67. The molecule has 1 unspecified atom stereocenters. The zero-order valence-corrected chi connectivity index (χ0v) is 9.76. The molecule has 4 nitrogen and oxygen atoms in total. The van der Waals surface area contributed by atoms with E-state index in [1.165, 1.54) is 0 Å². The molecule has 2 N–H and O–H groups in total. The van der Waals surface area contributed by atoms with E-state index in [4.69, 9.17) is 9.47 Å². The molecule has 1 atom stereocenters. The van der Waals surface area contributed by atoms with E-state index in [-0.39, 0.29) is 6.79 Å². The average Bonchev–Trinajstić information content (AvgIpc) is 2.75. The van der Waals surface area contributed by atoms with E-state index in [1.54, 1.807) is 11.8 Å². The Balaban J connectivity index is 2.21. The number of fused-ring (bicyclic) bond motifs is 2. The molecule has 0 saturated heterocycles. The predicted molar refractivity (Wildman–Crippen MR) is 61.0 cm³/mol. The number of β-amino-alcohol motifs (C(OH)–C–C–N with tert-alkyl or cyclic N) is 1. The second kappa shape index (κ2) is 3.84. The van der Waals surface area contributed by atoms with Gasteiger partial charge in [-0.2, -0.15) is 0 Å². The molecule has 5 heteroatoms. The van der Waals surface area contributed by atoms with Crippen LogP contribution in [0.1, 0.15) is 17.2 Å². The van der Waals surface area contributed by atoms with Crippen LogP contribution in [0.5, 0.6) is 11.5 Å². The Morgan fingerprint density at radius 2 is 2.38 bits per heavy atom. The van der Waals surface area contributed by atoms with E-state index in [1.807, 2.05) is 12.3 Å². The van der Waals surface area contributed by atoms with Crippen molar-refractivity contribution in [1.29, 1.82) is 0 Å². The zero-order chi connectivity index (χ0) is 11.1. The number of ether oxygens (including phenoxy) is 2. The van der Waals surface area contributed by atoms with Gasteiger partial charge in [0.25, 0.3) is 0 Å². The summed E-state index contributed by atoms with van der Waals surface area (Å²) >= 11 is 1.63. The van der Waals surface area contributed by atoms with Gasteiger partial charge in [-0.1, -0.05) is 0 Å². The topological polar surface area (TPSA) is 50.7 Å². The van der Waals surface area contributed by atoms with Gasteiger partial charge in [0.1, 0.15) is 0 Å². The molecule has 0 aliphatic carbocycles. The molecule has 86 valence electrons. The van der Waals surface area contributed by atoms with Crippen LogP contribution < -0.4 is 14.8 Å². The molecule has 0 saturated carbocycles. The fraction of sp³-hybridized carbons (Fsp3) is 0.455. The summed E-state index contributed by atoms with van der Waals surface area (Å²) in [5, 5.41) is 13.1. The highest BCUT2D eigenvalue weighted by Gasteiger charge is 2.28. The molecule has 0 bridgehead atoms. The number of hydrogen-bond donors (Lipinski definition) is 2. The third-order valence-corrected chi connectivity index (χ3v) is 3.80. The van der Waals surface area contributed by atoms with Crippen LogP contribution in [0, 0.1) is 0 Å². The number of hydrogen-bond acceptors (Lipinski definition) is 5. The van der Waals surface area contributed by atoms with Crippen LogP contribution >= 0.6 is 11.8 Å². The number of rotatable bonds is 1. The van der Waals surface area contributed by atoms with Crippen molar-refractivity contribution in [2.45, 2.75) is 17.5 Å². The maximum atomic E-state index is 9.94. The molecule has 2 aliphatic heterocycles. The Kier molecular flexibility index (Phi) is 2.46. The van der Waals surface area contributed by atoms with Gasteiger partial charge in [-0.15, -0.1) is 11.8 Å². The van der Waals surface area contributed by atoms with Gasteiger partial charge < -0.3 is 19.9 Å². The number of thioether (sulfide) groups is 1. The van der Waals surface area contributed by atoms with Crippen molar-refractivity contribution in [2.24, 2.45) is 0 Å². The summed E-state index contributed by atoms with van der Waals surface area (Å²) in [6.45, 7) is 1.65. The molecule has 2 aliphatic rings. The van der Waals surface area contributed by atoms with Gasteiger partial charge >= 0.3 is 0 Å². The minimum atomic E-state index is -0.454. The molecule has 3 rings (SSSR count). The molecule has 0 fully saturated rings. The van der Waals surface area contributed by atoms with Crippen molar-refractivity contribution in [1.82, 2.24) is 5.32 Å². The average molecular weight is 239 g/mol. The molecule has 2 heterocycles. The van der Waals surface area contributed by atoms with E-state index in [2.05, 4.69) is 5.32 Å². The molecule has 0 amide bonds. The summed E-state index contributed by atoms with van der Waals surface area (Å²) in [6.07, 6.45) is 1.56. The lowest BCUT2D eigenvalue weighted by Gasteiger charge is -2.25. The first kappa shape index (κ1) is 10.3. The van der Waals surface area contributed by atoms with Crippen molar-refractivity contribution in [3.05, 3.63) is 17.2 Å². The van der Waals surface area contributed by atoms with Crippen LogP contribution in [0.4, 0.5) is 0 Å². The van der Waals surface area contributed by atoms with Crippen LogP contribution in [-0.2, 0) is 6.54 Å². The Morgan fingerprint density at radius 3 is 3.19 bits per heavy atom. The SMILES string of the molecule is CSc1c2c(cc3c1OCO3)C(O)CNC2. The van der Waals surface area contributed by atoms with Gasteiger partial charge in [0.15, 0.2) is 11.5 Å². The third-order valence-electron chi connectivity index (χ3n) is 2.96. The van der Waals surface area contributed by atoms with Gasteiger partial charge in [0, 0.05) is 13.1 Å².